The van der Waals surface area contributed by atoms with Crippen LogP contribution in [0.25, 0.3) is 0 Å². The Kier molecular flexibility index (Phi) is 5.97. The lowest BCUT2D eigenvalue weighted by Crippen LogP contribution is -2.35. The van der Waals surface area contributed by atoms with E-state index in [-0.39, 0.29) is 6.61 Å². The molecule has 4 nitrogen and oxygen atoms in total. The molecule has 2 aromatic rings. The maximum atomic E-state index is 11.8. The average molecular weight is 295 g/mol. The zero-order valence-corrected chi connectivity index (χ0v) is 12.1. The first-order valence-corrected chi connectivity index (χ1v) is 7.00. The third-order valence-electron chi connectivity index (χ3n) is 3.08. The zero-order chi connectivity index (χ0) is 15.6. The van der Waals surface area contributed by atoms with Crippen molar-refractivity contribution in [3.63, 3.8) is 0 Å². The fourth-order valence-electron chi connectivity index (χ4n) is 2.02. The molecule has 22 heavy (non-hydrogen) atoms. The van der Waals surface area contributed by atoms with Crippen molar-refractivity contribution in [1.29, 1.82) is 0 Å². The molecule has 1 atom stereocenters. The molecule has 4 heteroatoms. The SMILES string of the molecule is O=C=C[C@H](Cc1ccccc1)NC(=O)OCc1ccccc1. The van der Waals surface area contributed by atoms with Crippen molar-refractivity contribution < 1.29 is 14.3 Å². The van der Waals surface area contributed by atoms with Gasteiger partial charge in [0.15, 0.2) is 0 Å². The topological polar surface area (TPSA) is 55.4 Å². The summed E-state index contributed by atoms with van der Waals surface area (Å²) in [5.41, 5.74) is 1.92. The molecule has 112 valence electrons. The van der Waals surface area contributed by atoms with E-state index >= 15 is 0 Å². The number of ether oxygens (including phenoxy) is 1. The van der Waals surface area contributed by atoms with Gasteiger partial charge in [-0.2, -0.15) is 0 Å². The number of carbonyl (C=O) groups excluding carboxylic acids is 2. The van der Waals surface area contributed by atoms with E-state index < -0.39 is 12.1 Å². The summed E-state index contributed by atoms with van der Waals surface area (Å²) >= 11 is 0. The monoisotopic (exact) mass is 295 g/mol. The highest BCUT2D eigenvalue weighted by atomic mass is 16.5. The van der Waals surface area contributed by atoms with Crippen LogP contribution in [-0.4, -0.2) is 18.1 Å². The molecule has 0 radical (unpaired) electrons. The molecule has 1 amide bonds. The fraction of sp³-hybridized carbons (Fsp3) is 0.167. The molecule has 0 aliphatic carbocycles. The Morgan fingerprint density at radius 2 is 1.64 bits per heavy atom. The highest BCUT2D eigenvalue weighted by Crippen LogP contribution is 2.05. The molecule has 0 fully saturated rings. The van der Waals surface area contributed by atoms with E-state index in [1.165, 1.54) is 6.08 Å². The Hall–Kier alpha value is -2.84. The molecule has 0 aliphatic rings. The highest BCUT2D eigenvalue weighted by Gasteiger charge is 2.11. The lowest BCUT2D eigenvalue weighted by Gasteiger charge is -2.14. The van der Waals surface area contributed by atoms with Gasteiger partial charge in [0, 0.05) is 6.08 Å². The third kappa shape index (κ3) is 5.27. The van der Waals surface area contributed by atoms with Crippen LogP contribution in [0.2, 0.25) is 0 Å². The summed E-state index contributed by atoms with van der Waals surface area (Å²) in [5.74, 6) is 1.72. The number of amides is 1. The van der Waals surface area contributed by atoms with Crippen molar-refractivity contribution in [3.05, 3.63) is 77.9 Å². The van der Waals surface area contributed by atoms with Crippen LogP contribution in [0.1, 0.15) is 11.1 Å². The maximum absolute atomic E-state index is 11.8. The van der Waals surface area contributed by atoms with Gasteiger partial charge in [-0.25, -0.2) is 9.59 Å². The molecule has 2 rings (SSSR count). The number of hydrogen-bond acceptors (Lipinski definition) is 3. The third-order valence-corrected chi connectivity index (χ3v) is 3.08. The molecule has 1 N–H and O–H groups in total. The van der Waals surface area contributed by atoms with Crippen LogP contribution in [-0.2, 0) is 22.6 Å². The largest absolute Gasteiger partial charge is 0.445 e. The van der Waals surface area contributed by atoms with Gasteiger partial charge >= 0.3 is 6.09 Å². The number of alkyl carbamates (subject to hydrolysis) is 1. The normalized spacial score (nSPS) is 11.1. The molecule has 0 aliphatic heterocycles. The quantitative estimate of drug-likeness (QED) is 0.834. The lowest BCUT2D eigenvalue weighted by molar-refractivity contribution is 0.137. The van der Waals surface area contributed by atoms with Crippen molar-refractivity contribution in [3.8, 4) is 0 Å². The first-order chi connectivity index (χ1) is 10.8. The molecule has 0 heterocycles. The van der Waals surface area contributed by atoms with E-state index in [2.05, 4.69) is 5.32 Å². The molecule has 0 aromatic heterocycles. The van der Waals surface area contributed by atoms with E-state index in [0.29, 0.717) is 6.42 Å². The van der Waals surface area contributed by atoms with Gasteiger partial charge in [-0.05, 0) is 17.5 Å². The minimum atomic E-state index is -0.559. The second-order valence-electron chi connectivity index (χ2n) is 4.79. The Labute approximate surface area is 129 Å². The van der Waals surface area contributed by atoms with Crippen molar-refractivity contribution in [2.24, 2.45) is 0 Å². The summed E-state index contributed by atoms with van der Waals surface area (Å²) < 4.78 is 5.14. The number of rotatable bonds is 6. The van der Waals surface area contributed by atoms with Gasteiger partial charge in [-0.3, -0.25) is 0 Å². The molecule has 2 aromatic carbocycles. The number of nitrogens with one attached hydrogen (secondary N) is 1. The molecule has 0 saturated heterocycles. The van der Waals surface area contributed by atoms with Gasteiger partial charge in [0.1, 0.15) is 12.5 Å². The lowest BCUT2D eigenvalue weighted by atomic mass is 10.1. The molecule has 0 spiro atoms. The van der Waals surface area contributed by atoms with Crippen LogP contribution in [0.5, 0.6) is 0 Å². The van der Waals surface area contributed by atoms with Crippen LogP contribution in [0.3, 0.4) is 0 Å². The molecular formula is C18H17NO3. The van der Waals surface area contributed by atoms with E-state index in [1.807, 2.05) is 60.7 Å². The maximum Gasteiger partial charge on any atom is 0.407 e. The molecule has 0 bridgehead atoms. The standard InChI is InChI=1S/C18H17NO3/c20-12-11-17(13-15-7-3-1-4-8-15)19-18(21)22-14-16-9-5-2-6-10-16/h1-11,17H,13-14H2,(H,19,21)/t17-/m1/s1. The highest BCUT2D eigenvalue weighted by molar-refractivity contribution is 5.68. The second kappa shape index (κ2) is 8.45. The predicted octanol–water partition coefficient (Wildman–Crippen LogP) is 2.91. The number of benzene rings is 2. The first kappa shape index (κ1) is 15.5. The van der Waals surface area contributed by atoms with Crippen LogP contribution >= 0.6 is 0 Å². The van der Waals surface area contributed by atoms with Crippen LogP contribution in [0.15, 0.2) is 66.7 Å². The zero-order valence-electron chi connectivity index (χ0n) is 12.1. The Bertz CT molecular complexity index is 634. The number of hydrogen-bond donors (Lipinski definition) is 1. The van der Waals surface area contributed by atoms with Gasteiger partial charge in [-0.1, -0.05) is 60.7 Å². The summed E-state index contributed by atoms with van der Waals surface area (Å²) in [6.45, 7) is 0.190. The number of carbonyl (C=O) groups is 1. The predicted molar refractivity (Wildman–Crippen MR) is 84.0 cm³/mol. The van der Waals surface area contributed by atoms with Crippen molar-refractivity contribution in [2.45, 2.75) is 19.1 Å². The van der Waals surface area contributed by atoms with E-state index in [1.54, 1.807) is 5.94 Å². The first-order valence-electron chi connectivity index (χ1n) is 7.00. The Morgan fingerprint density at radius 3 is 2.23 bits per heavy atom. The van der Waals surface area contributed by atoms with Crippen LogP contribution in [0, 0.1) is 0 Å². The molecule has 0 unspecified atom stereocenters. The second-order valence-corrected chi connectivity index (χ2v) is 4.79. The van der Waals surface area contributed by atoms with E-state index in [0.717, 1.165) is 11.1 Å². The Morgan fingerprint density at radius 1 is 1.05 bits per heavy atom. The van der Waals surface area contributed by atoms with Crippen LogP contribution in [0.4, 0.5) is 4.79 Å². The molecule has 0 saturated carbocycles. The summed E-state index contributed by atoms with van der Waals surface area (Å²) in [6, 6.07) is 18.6. The average Bonchev–Trinajstić information content (AvgIpc) is 2.55. The summed E-state index contributed by atoms with van der Waals surface area (Å²) in [7, 11) is 0. The minimum absolute atomic E-state index is 0.190. The van der Waals surface area contributed by atoms with Gasteiger partial charge in [0.25, 0.3) is 0 Å². The summed E-state index contributed by atoms with van der Waals surface area (Å²) in [6.07, 6.45) is 1.24. The van der Waals surface area contributed by atoms with E-state index in [4.69, 9.17) is 4.74 Å². The van der Waals surface area contributed by atoms with Crippen molar-refractivity contribution in [2.75, 3.05) is 0 Å². The molecular weight excluding hydrogens is 278 g/mol. The van der Waals surface area contributed by atoms with Gasteiger partial charge < -0.3 is 10.1 Å². The van der Waals surface area contributed by atoms with Crippen LogP contribution < -0.4 is 5.32 Å². The smallest absolute Gasteiger partial charge is 0.407 e. The van der Waals surface area contributed by atoms with Gasteiger partial charge in [-0.15, -0.1) is 0 Å². The minimum Gasteiger partial charge on any atom is -0.445 e. The van der Waals surface area contributed by atoms with E-state index in [9.17, 15) is 9.59 Å². The summed E-state index contributed by atoms with van der Waals surface area (Å²) in [5, 5.41) is 2.66. The Balaban J connectivity index is 1.87. The van der Waals surface area contributed by atoms with Gasteiger partial charge in [0.2, 0.25) is 0 Å². The van der Waals surface area contributed by atoms with Crippen molar-refractivity contribution >= 4 is 12.0 Å². The summed E-state index contributed by atoms with van der Waals surface area (Å²) in [4.78, 5) is 22.4. The fourth-order valence-corrected chi connectivity index (χ4v) is 2.02. The van der Waals surface area contributed by atoms with Gasteiger partial charge in [0.05, 0.1) is 6.04 Å². The van der Waals surface area contributed by atoms with Crippen molar-refractivity contribution in [1.82, 2.24) is 5.32 Å².